The van der Waals surface area contributed by atoms with Gasteiger partial charge in [-0.1, -0.05) is 24.3 Å². The van der Waals surface area contributed by atoms with Crippen molar-refractivity contribution in [3.05, 3.63) is 66.7 Å². The Morgan fingerprint density at radius 1 is 1.09 bits per heavy atom. The maximum Gasteiger partial charge on any atom is 0.177 e. The van der Waals surface area contributed by atoms with Crippen LogP contribution in [0.3, 0.4) is 0 Å². The first-order valence-corrected chi connectivity index (χ1v) is 8.90. The molecule has 0 aliphatic rings. The lowest BCUT2D eigenvalue weighted by Gasteiger charge is -2.11. The third-order valence-electron chi connectivity index (χ3n) is 3.39. The van der Waals surface area contributed by atoms with E-state index in [4.69, 9.17) is 0 Å². The molecule has 3 aromatic rings. The van der Waals surface area contributed by atoms with Gasteiger partial charge in [-0.3, -0.25) is 0 Å². The molecule has 3 rings (SSSR count). The van der Waals surface area contributed by atoms with Crippen molar-refractivity contribution < 1.29 is 8.42 Å². The summed E-state index contributed by atoms with van der Waals surface area (Å²) in [6.45, 7) is 0.532. The second kappa shape index (κ2) is 6.21. The molecule has 0 amide bonds. The summed E-state index contributed by atoms with van der Waals surface area (Å²) in [7, 11) is -3.26. The lowest BCUT2D eigenvalue weighted by Crippen LogP contribution is -2.06. The first-order valence-electron chi connectivity index (χ1n) is 7.01. The molecule has 1 N–H and O–H groups in total. The number of rotatable bonds is 5. The van der Waals surface area contributed by atoms with Crippen LogP contribution in [0.25, 0.3) is 5.69 Å². The predicted molar refractivity (Wildman–Crippen MR) is 88.2 cm³/mol. The third-order valence-corrected chi connectivity index (χ3v) is 4.54. The van der Waals surface area contributed by atoms with Gasteiger partial charge in [-0.2, -0.15) is 5.10 Å². The van der Waals surface area contributed by atoms with Crippen LogP contribution in [0.2, 0.25) is 0 Å². The molecule has 0 aliphatic heterocycles. The molecule has 6 nitrogen and oxygen atoms in total. The number of aromatic nitrogens is 3. The molecule has 0 saturated heterocycles. The smallest absolute Gasteiger partial charge is 0.177 e. The zero-order chi connectivity index (χ0) is 16.3. The molecule has 23 heavy (non-hydrogen) atoms. The van der Waals surface area contributed by atoms with Crippen molar-refractivity contribution in [2.75, 3.05) is 11.6 Å². The van der Waals surface area contributed by atoms with Crippen LogP contribution in [0, 0.1) is 0 Å². The van der Waals surface area contributed by atoms with E-state index in [0.29, 0.717) is 17.1 Å². The molecule has 7 heteroatoms. The first-order chi connectivity index (χ1) is 11.0. The van der Waals surface area contributed by atoms with Crippen molar-refractivity contribution >= 4 is 15.5 Å². The molecule has 0 fully saturated rings. The fraction of sp³-hybridized carbons (Fsp3) is 0.125. The number of sulfone groups is 1. The SMILES string of the molecule is CS(=O)(=O)c1ccccc1NCc1ccc(-n2cncn2)cc1. The molecule has 1 aromatic heterocycles. The van der Waals surface area contributed by atoms with Crippen LogP contribution in [-0.2, 0) is 16.4 Å². The van der Waals surface area contributed by atoms with Crippen LogP contribution in [-0.4, -0.2) is 29.4 Å². The van der Waals surface area contributed by atoms with E-state index in [2.05, 4.69) is 15.4 Å². The van der Waals surface area contributed by atoms with Crippen LogP contribution < -0.4 is 5.32 Å². The second-order valence-corrected chi connectivity index (χ2v) is 7.11. The predicted octanol–water partition coefficient (Wildman–Crippen LogP) is 2.28. The summed E-state index contributed by atoms with van der Waals surface area (Å²) < 4.78 is 25.2. The van der Waals surface area contributed by atoms with E-state index < -0.39 is 9.84 Å². The van der Waals surface area contributed by atoms with Gasteiger partial charge in [-0.05, 0) is 29.8 Å². The summed E-state index contributed by atoms with van der Waals surface area (Å²) in [5.74, 6) is 0. The van der Waals surface area contributed by atoms with Gasteiger partial charge in [0, 0.05) is 12.8 Å². The molecule has 2 aromatic carbocycles. The minimum absolute atomic E-state index is 0.305. The topological polar surface area (TPSA) is 76.9 Å². The van der Waals surface area contributed by atoms with Gasteiger partial charge in [-0.15, -0.1) is 0 Å². The number of hydrogen-bond donors (Lipinski definition) is 1. The normalized spacial score (nSPS) is 11.3. The Bertz CT molecular complexity index is 888. The van der Waals surface area contributed by atoms with Crippen molar-refractivity contribution in [1.29, 1.82) is 0 Å². The van der Waals surface area contributed by atoms with Crippen molar-refractivity contribution in [2.45, 2.75) is 11.4 Å². The number of anilines is 1. The summed E-state index contributed by atoms with van der Waals surface area (Å²) in [4.78, 5) is 4.22. The van der Waals surface area contributed by atoms with Crippen molar-refractivity contribution in [3.8, 4) is 5.69 Å². The van der Waals surface area contributed by atoms with E-state index in [1.807, 2.05) is 30.3 Å². The zero-order valence-corrected chi connectivity index (χ0v) is 13.4. The molecular weight excluding hydrogens is 312 g/mol. The van der Waals surface area contributed by atoms with E-state index in [9.17, 15) is 8.42 Å². The van der Waals surface area contributed by atoms with Gasteiger partial charge in [0.05, 0.1) is 16.3 Å². The highest BCUT2D eigenvalue weighted by atomic mass is 32.2. The van der Waals surface area contributed by atoms with Crippen molar-refractivity contribution in [3.63, 3.8) is 0 Å². The van der Waals surface area contributed by atoms with Crippen molar-refractivity contribution in [2.24, 2.45) is 0 Å². The Morgan fingerprint density at radius 2 is 1.83 bits per heavy atom. The first kappa shape index (κ1) is 15.2. The highest BCUT2D eigenvalue weighted by Gasteiger charge is 2.11. The van der Waals surface area contributed by atoms with Gasteiger partial charge in [0.25, 0.3) is 0 Å². The highest BCUT2D eigenvalue weighted by Crippen LogP contribution is 2.21. The molecule has 0 bridgehead atoms. The van der Waals surface area contributed by atoms with Gasteiger partial charge in [0.15, 0.2) is 9.84 Å². The number of para-hydroxylation sites is 1. The number of benzene rings is 2. The largest absolute Gasteiger partial charge is 0.380 e. The molecule has 0 saturated carbocycles. The Labute approximate surface area is 134 Å². The Morgan fingerprint density at radius 3 is 2.48 bits per heavy atom. The molecule has 0 atom stereocenters. The fourth-order valence-electron chi connectivity index (χ4n) is 2.24. The molecule has 0 spiro atoms. The maximum absolute atomic E-state index is 11.8. The lowest BCUT2D eigenvalue weighted by molar-refractivity contribution is 0.602. The summed E-state index contributed by atoms with van der Waals surface area (Å²) >= 11 is 0. The number of hydrogen-bond acceptors (Lipinski definition) is 5. The van der Waals surface area contributed by atoms with E-state index in [0.717, 1.165) is 11.3 Å². The fourth-order valence-corrected chi connectivity index (χ4v) is 3.11. The minimum Gasteiger partial charge on any atom is -0.380 e. The zero-order valence-electron chi connectivity index (χ0n) is 12.5. The van der Waals surface area contributed by atoms with E-state index in [1.54, 1.807) is 29.2 Å². The minimum atomic E-state index is -3.26. The van der Waals surface area contributed by atoms with E-state index >= 15 is 0 Å². The Hall–Kier alpha value is -2.67. The molecule has 0 unspecified atom stereocenters. The second-order valence-electron chi connectivity index (χ2n) is 5.13. The number of nitrogens with one attached hydrogen (secondary N) is 1. The summed E-state index contributed by atoms with van der Waals surface area (Å²) in [5.41, 5.74) is 2.57. The third kappa shape index (κ3) is 3.57. The van der Waals surface area contributed by atoms with E-state index in [-0.39, 0.29) is 0 Å². The Kier molecular flexibility index (Phi) is 4.12. The molecule has 118 valence electrons. The van der Waals surface area contributed by atoms with Gasteiger partial charge in [0.1, 0.15) is 12.7 Å². The Balaban J connectivity index is 1.74. The monoisotopic (exact) mass is 328 g/mol. The maximum atomic E-state index is 11.8. The lowest BCUT2D eigenvalue weighted by atomic mass is 10.2. The summed E-state index contributed by atoms with van der Waals surface area (Å²) in [5, 5.41) is 7.25. The summed E-state index contributed by atoms with van der Waals surface area (Å²) in [6.07, 6.45) is 4.33. The van der Waals surface area contributed by atoms with Crippen LogP contribution in [0.15, 0.2) is 66.1 Å². The average molecular weight is 328 g/mol. The van der Waals surface area contributed by atoms with Gasteiger partial charge in [-0.25, -0.2) is 18.1 Å². The highest BCUT2D eigenvalue weighted by molar-refractivity contribution is 7.90. The van der Waals surface area contributed by atoms with Crippen LogP contribution in [0.1, 0.15) is 5.56 Å². The van der Waals surface area contributed by atoms with Gasteiger partial charge in [0.2, 0.25) is 0 Å². The van der Waals surface area contributed by atoms with E-state index in [1.165, 1.54) is 12.6 Å². The van der Waals surface area contributed by atoms with Gasteiger partial charge < -0.3 is 5.32 Å². The van der Waals surface area contributed by atoms with Crippen LogP contribution >= 0.6 is 0 Å². The molecule has 0 aliphatic carbocycles. The molecular formula is C16H16N4O2S. The summed E-state index contributed by atoms with van der Waals surface area (Å²) in [6, 6.07) is 14.7. The molecule has 1 heterocycles. The average Bonchev–Trinajstić information content (AvgIpc) is 3.07. The van der Waals surface area contributed by atoms with Crippen LogP contribution in [0.4, 0.5) is 5.69 Å². The number of nitrogens with zero attached hydrogens (tertiary/aromatic N) is 3. The van der Waals surface area contributed by atoms with Crippen LogP contribution in [0.5, 0.6) is 0 Å². The standard InChI is InChI=1S/C16H16N4O2S/c1-23(21,22)16-5-3-2-4-15(16)18-10-13-6-8-14(9-7-13)20-12-17-11-19-20/h2-9,11-12,18H,10H2,1H3. The van der Waals surface area contributed by atoms with Crippen molar-refractivity contribution in [1.82, 2.24) is 14.8 Å². The quantitative estimate of drug-likeness (QED) is 0.777. The molecule has 0 radical (unpaired) electrons. The van der Waals surface area contributed by atoms with Gasteiger partial charge >= 0.3 is 0 Å².